The third-order valence-electron chi connectivity index (χ3n) is 2.95. The topological polar surface area (TPSA) is 46.2 Å². The highest BCUT2D eigenvalue weighted by Crippen LogP contribution is 2.24. The molecule has 1 N–H and O–H groups in total. The van der Waals surface area contributed by atoms with Gasteiger partial charge in [0, 0.05) is 11.1 Å². The highest BCUT2D eigenvalue weighted by molar-refractivity contribution is 8.07. The summed E-state index contributed by atoms with van der Waals surface area (Å²) in [5.41, 5.74) is 2.01. The fourth-order valence-electron chi connectivity index (χ4n) is 1.78. The molecular formula is C16H17NO2S2. The molecule has 0 bridgehead atoms. The quantitative estimate of drug-likeness (QED) is 0.915. The molecule has 2 rings (SSSR count). The minimum absolute atomic E-state index is 0.262. The normalized spacial score (nSPS) is 12.2. The van der Waals surface area contributed by atoms with Crippen LogP contribution in [0.15, 0.2) is 65.7 Å². The van der Waals surface area contributed by atoms with E-state index in [1.807, 2.05) is 43.5 Å². The minimum atomic E-state index is -3.53. The Morgan fingerprint density at radius 2 is 1.67 bits per heavy atom. The molecule has 0 aliphatic heterocycles. The van der Waals surface area contributed by atoms with Crippen molar-refractivity contribution in [2.45, 2.75) is 11.8 Å². The van der Waals surface area contributed by atoms with E-state index in [4.69, 9.17) is 0 Å². The van der Waals surface area contributed by atoms with Crippen molar-refractivity contribution in [1.82, 2.24) is 4.72 Å². The molecule has 3 nitrogen and oxygen atoms in total. The first kappa shape index (κ1) is 15.7. The fraction of sp³-hybridized carbons (Fsp3) is 0.125. The molecule has 0 aliphatic rings. The third kappa shape index (κ3) is 4.12. The van der Waals surface area contributed by atoms with Gasteiger partial charge >= 0.3 is 0 Å². The number of sulfonamides is 1. The monoisotopic (exact) mass is 319 g/mol. The van der Waals surface area contributed by atoms with Gasteiger partial charge in [0.15, 0.2) is 0 Å². The maximum atomic E-state index is 12.2. The summed E-state index contributed by atoms with van der Waals surface area (Å²) < 4.78 is 27.0. The lowest BCUT2D eigenvalue weighted by Crippen LogP contribution is -2.18. The van der Waals surface area contributed by atoms with Gasteiger partial charge in [0.2, 0.25) is 0 Å². The lowest BCUT2D eigenvalue weighted by molar-refractivity contribution is 0.590. The lowest BCUT2D eigenvalue weighted by atomic mass is 10.2. The highest BCUT2D eigenvalue weighted by atomic mass is 32.2. The van der Waals surface area contributed by atoms with Gasteiger partial charge in [-0.05, 0) is 30.9 Å². The van der Waals surface area contributed by atoms with E-state index in [2.05, 4.69) is 4.72 Å². The zero-order valence-electron chi connectivity index (χ0n) is 11.9. The Labute approximate surface area is 130 Å². The Bertz CT molecular complexity index is 721. The van der Waals surface area contributed by atoms with Crippen LogP contribution in [0.1, 0.15) is 11.1 Å². The average molecular weight is 319 g/mol. The van der Waals surface area contributed by atoms with Crippen LogP contribution in [-0.4, -0.2) is 14.7 Å². The Morgan fingerprint density at radius 3 is 2.24 bits per heavy atom. The smallest absolute Gasteiger partial charge is 0.261 e. The number of nitrogens with one attached hydrogen (secondary N) is 1. The molecule has 0 unspecified atom stereocenters. The summed E-state index contributed by atoms with van der Waals surface area (Å²) >= 11 is 1.50. The van der Waals surface area contributed by atoms with Crippen LogP contribution in [0, 0.1) is 6.92 Å². The van der Waals surface area contributed by atoms with Gasteiger partial charge in [-0.15, -0.1) is 11.8 Å². The fourth-order valence-corrected chi connectivity index (χ4v) is 3.31. The van der Waals surface area contributed by atoms with Crippen molar-refractivity contribution in [2.24, 2.45) is 0 Å². The average Bonchev–Trinajstić information content (AvgIpc) is 2.49. The van der Waals surface area contributed by atoms with Crippen LogP contribution in [0.2, 0.25) is 0 Å². The molecule has 5 heteroatoms. The summed E-state index contributed by atoms with van der Waals surface area (Å²) in [5.74, 6) is 0. The van der Waals surface area contributed by atoms with Gasteiger partial charge in [0.25, 0.3) is 10.0 Å². The summed E-state index contributed by atoms with van der Waals surface area (Å²) in [6.45, 7) is 1.92. The molecule has 2 aromatic carbocycles. The van der Waals surface area contributed by atoms with Crippen LogP contribution in [0.25, 0.3) is 4.91 Å². The van der Waals surface area contributed by atoms with E-state index in [9.17, 15) is 8.42 Å². The van der Waals surface area contributed by atoms with Crippen molar-refractivity contribution >= 4 is 26.7 Å². The van der Waals surface area contributed by atoms with Crippen LogP contribution in [0.5, 0.6) is 0 Å². The molecule has 2 aromatic rings. The van der Waals surface area contributed by atoms with Gasteiger partial charge in [-0.1, -0.05) is 48.0 Å². The van der Waals surface area contributed by atoms with Crippen molar-refractivity contribution in [3.8, 4) is 0 Å². The molecule has 21 heavy (non-hydrogen) atoms. The van der Waals surface area contributed by atoms with E-state index in [-0.39, 0.29) is 4.90 Å². The van der Waals surface area contributed by atoms with Crippen LogP contribution in [0.3, 0.4) is 0 Å². The summed E-state index contributed by atoms with van der Waals surface area (Å²) in [5, 5.41) is 0. The summed E-state index contributed by atoms with van der Waals surface area (Å²) in [6, 6.07) is 16.4. The Kier molecular flexibility index (Phi) is 5.09. The number of hydrogen-bond acceptors (Lipinski definition) is 3. The largest absolute Gasteiger partial charge is 0.285 e. The molecule has 110 valence electrons. The van der Waals surface area contributed by atoms with Gasteiger partial charge in [-0.2, -0.15) is 0 Å². The summed E-state index contributed by atoms with van der Waals surface area (Å²) in [4.78, 5) is 1.13. The van der Waals surface area contributed by atoms with Crippen LogP contribution >= 0.6 is 11.8 Å². The van der Waals surface area contributed by atoms with Crippen LogP contribution in [0.4, 0.5) is 0 Å². The first-order chi connectivity index (χ1) is 10.0. The number of benzene rings is 2. The molecule has 0 fully saturated rings. The van der Waals surface area contributed by atoms with E-state index >= 15 is 0 Å². The molecule has 0 radical (unpaired) electrons. The maximum absolute atomic E-state index is 12.2. The standard InChI is InChI=1S/C16H17NO2S2/c1-13-8-10-15(11-9-13)21(18,19)17-12-16(20-2)14-6-4-3-5-7-14/h3-12,17H,1-2H3/b16-12-. The number of aryl methyl sites for hydroxylation is 1. The number of rotatable bonds is 5. The molecule has 0 atom stereocenters. The van der Waals surface area contributed by atoms with Gasteiger partial charge < -0.3 is 0 Å². The van der Waals surface area contributed by atoms with Crippen LogP contribution < -0.4 is 4.72 Å². The van der Waals surface area contributed by atoms with Gasteiger partial charge in [0.05, 0.1) is 4.90 Å². The van der Waals surface area contributed by atoms with Crippen molar-refractivity contribution in [3.63, 3.8) is 0 Å². The van der Waals surface area contributed by atoms with E-state index in [1.54, 1.807) is 24.3 Å². The zero-order valence-corrected chi connectivity index (χ0v) is 13.5. The second-order valence-corrected chi connectivity index (χ2v) is 7.08. The molecule has 0 amide bonds. The summed E-state index contributed by atoms with van der Waals surface area (Å²) in [6.07, 6.45) is 3.45. The van der Waals surface area contributed by atoms with Gasteiger partial charge in [-0.25, -0.2) is 8.42 Å². The molecule has 0 saturated heterocycles. The predicted molar refractivity (Wildman–Crippen MR) is 89.4 cm³/mol. The number of hydrogen-bond donors (Lipinski definition) is 1. The van der Waals surface area contributed by atoms with E-state index in [1.165, 1.54) is 18.0 Å². The molecule has 0 heterocycles. The van der Waals surface area contributed by atoms with Crippen molar-refractivity contribution in [1.29, 1.82) is 0 Å². The second-order valence-electron chi connectivity index (χ2n) is 4.51. The molecule has 0 aromatic heterocycles. The lowest BCUT2D eigenvalue weighted by Gasteiger charge is -2.08. The van der Waals surface area contributed by atoms with Crippen molar-refractivity contribution < 1.29 is 8.42 Å². The second kappa shape index (κ2) is 6.83. The molecule has 0 spiro atoms. The van der Waals surface area contributed by atoms with E-state index in [0.717, 1.165) is 16.0 Å². The number of thioether (sulfide) groups is 1. The van der Waals surface area contributed by atoms with Crippen molar-refractivity contribution in [2.75, 3.05) is 6.26 Å². The SMILES string of the molecule is CS/C(=C\NS(=O)(=O)c1ccc(C)cc1)c1ccccc1. The summed E-state index contributed by atoms with van der Waals surface area (Å²) in [7, 11) is -3.53. The molecular weight excluding hydrogens is 302 g/mol. The first-order valence-corrected chi connectivity index (χ1v) is 9.12. The first-order valence-electron chi connectivity index (χ1n) is 6.41. The zero-order chi connectivity index (χ0) is 15.3. The Balaban J connectivity index is 2.24. The highest BCUT2D eigenvalue weighted by Gasteiger charge is 2.12. The molecule has 0 aliphatic carbocycles. The van der Waals surface area contributed by atoms with E-state index < -0.39 is 10.0 Å². The van der Waals surface area contributed by atoms with E-state index in [0.29, 0.717) is 0 Å². The Morgan fingerprint density at radius 1 is 1.05 bits per heavy atom. The Hall–Kier alpha value is -1.72. The third-order valence-corrected chi connectivity index (χ3v) is 5.07. The molecule has 0 saturated carbocycles. The minimum Gasteiger partial charge on any atom is -0.285 e. The van der Waals surface area contributed by atoms with Gasteiger partial charge in [0.1, 0.15) is 0 Å². The predicted octanol–water partition coefficient (Wildman–Crippen LogP) is 3.63. The maximum Gasteiger partial charge on any atom is 0.261 e. The van der Waals surface area contributed by atoms with Crippen LogP contribution in [-0.2, 0) is 10.0 Å². The van der Waals surface area contributed by atoms with Crippen molar-refractivity contribution in [3.05, 3.63) is 71.9 Å². The van der Waals surface area contributed by atoms with Gasteiger partial charge in [-0.3, -0.25) is 4.72 Å².